The van der Waals surface area contributed by atoms with Gasteiger partial charge in [-0.05, 0) is 88.8 Å². The molecule has 5 rings (SSSR count). The zero-order valence-electron chi connectivity index (χ0n) is 24.3. The second-order valence-electron chi connectivity index (χ2n) is 12.1. The summed E-state index contributed by atoms with van der Waals surface area (Å²) in [6, 6.07) is 4.00. The van der Waals surface area contributed by atoms with Crippen molar-refractivity contribution in [1.29, 1.82) is 0 Å². The maximum absolute atomic E-state index is 13.9. The number of hydrogen-bond acceptors (Lipinski definition) is 10. The first-order valence-electron chi connectivity index (χ1n) is 14.4. The van der Waals surface area contributed by atoms with Crippen LogP contribution in [-0.4, -0.2) is 83.5 Å². The number of fused-ring (bicyclic) bond motifs is 3. The zero-order valence-corrected chi connectivity index (χ0v) is 24.3. The van der Waals surface area contributed by atoms with Gasteiger partial charge in [-0.1, -0.05) is 12.2 Å². The molecule has 0 aromatic heterocycles. The lowest BCUT2D eigenvalue weighted by molar-refractivity contribution is -0.179. The van der Waals surface area contributed by atoms with Gasteiger partial charge in [0.15, 0.2) is 23.2 Å². The van der Waals surface area contributed by atoms with E-state index in [1.165, 1.54) is 0 Å². The third-order valence-corrected chi connectivity index (χ3v) is 8.74. The number of hydrogen-bond donors (Lipinski definition) is 2. The molecule has 10 nitrogen and oxygen atoms in total. The lowest BCUT2D eigenvalue weighted by Crippen LogP contribution is -2.49. The molecule has 4 atom stereocenters. The van der Waals surface area contributed by atoms with Gasteiger partial charge in [-0.2, -0.15) is 0 Å². The summed E-state index contributed by atoms with van der Waals surface area (Å²) < 4.78 is 28.6. The summed E-state index contributed by atoms with van der Waals surface area (Å²) in [5.41, 5.74) is -1.74. The number of carbonyl (C=O) groups is 2. The van der Waals surface area contributed by atoms with E-state index in [0.717, 1.165) is 43.5 Å². The molecule has 1 aromatic rings. The Morgan fingerprint density at radius 3 is 2.63 bits per heavy atom. The van der Waals surface area contributed by atoms with E-state index in [9.17, 15) is 19.8 Å². The molecule has 10 heteroatoms. The number of carbonyl (C=O) groups excluding carboxylic acids is 2. The molecule has 1 spiro atoms. The van der Waals surface area contributed by atoms with Crippen LogP contribution in [0, 0.1) is 0 Å². The van der Waals surface area contributed by atoms with Crippen LogP contribution in [0.15, 0.2) is 36.1 Å². The van der Waals surface area contributed by atoms with Gasteiger partial charge < -0.3 is 33.9 Å². The largest absolute Gasteiger partial charge is 0.497 e. The van der Waals surface area contributed by atoms with E-state index in [0.29, 0.717) is 17.3 Å². The van der Waals surface area contributed by atoms with Gasteiger partial charge in [0.25, 0.3) is 0 Å². The minimum atomic E-state index is -2.21. The van der Waals surface area contributed by atoms with Crippen molar-refractivity contribution in [1.82, 2.24) is 4.90 Å². The van der Waals surface area contributed by atoms with Crippen LogP contribution in [-0.2, 0) is 30.2 Å². The van der Waals surface area contributed by atoms with Crippen LogP contribution in [0.2, 0.25) is 0 Å². The molecule has 0 saturated carbocycles. The zero-order chi connectivity index (χ0) is 29.4. The van der Waals surface area contributed by atoms with E-state index in [1.54, 1.807) is 40.0 Å². The van der Waals surface area contributed by atoms with Gasteiger partial charge in [0.05, 0.1) is 30.6 Å². The summed E-state index contributed by atoms with van der Waals surface area (Å²) >= 11 is 0. The standard InChI is InChI=1S/C31H41NO9/c1-5-6-14-38-25(33)18-31(36,11-10-29(2,3)35)28(34)41-27-24(37-4)17-30-9-7-12-32(30)13-8-20-15-22-23(40-19-39-22)16-21(20)26(27)30/h5-6,15-17,26-27,35-36H,7-14,18-19H2,1-4H3/b6-5+/t26-,27?,30?,31-/m1/s1. The Bertz CT molecular complexity index is 1230. The third kappa shape index (κ3) is 5.69. The summed E-state index contributed by atoms with van der Waals surface area (Å²) in [6.07, 6.45) is 6.52. The van der Waals surface area contributed by atoms with Crippen LogP contribution in [0.1, 0.15) is 69.9 Å². The van der Waals surface area contributed by atoms with Gasteiger partial charge in [0.2, 0.25) is 6.79 Å². The highest BCUT2D eigenvalue weighted by Crippen LogP contribution is 2.55. The van der Waals surface area contributed by atoms with Gasteiger partial charge in [0, 0.05) is 6.54 Å². The van der Waals surface area contributed by atoms with E-state index in [1.807, 2.05) is 12.1 Å². The van der Waals surface area contributed by atoms with Crippen LogP contribution in [0.5, 0.6) is 11.5 Å². The van der Waals surface area contributed by atoms with Crippen molar-refractivity contribution < 1.29 is 43.5 Å². The summed E-state index contributed by atoms with van der Waals surface area (Å²) in [5.74, 6) is -0.169. The molecule has 1 aromatic carbocycles. The van der Waals surface area contributed by atoms with E-state index < -0.39 is 41.2 Å². The number of aliphatic hydroxyl groups is 2. The SMILES string of the molecule is C/C=C/COC(=O)C[C@](O)(CCC(C)(C)O)C(=O)OC1C(OC)=CC23CCCN2CCc2cc4c(cc2[C@H]13)OCO4. The van der Waals surface area contributed by atoms with E-state index in [-0.39, 0.29) is 32.2 Å². The van der Waals surface area contributed by atoms with Gasteiger partial charge in [-0.25, -0.2) is 4.79 Å². The fourth-order valence-corrected chi connectivity index (χ4v) is 6.62. The van der Waals surface area contributed by atoms with Crippen LogP contribution in [0.4, 0.5) is 0 Å². The minimum Gasteiger partial charge on any atom is -0.497 e. The lowest BCUT2D eigenvalue weighted by Gasteiger charge is -2.39. The fourth-order valence-electron chi connectivity index (χ4n) is 6.62. The molecule has 224 valence electrons. The number of rotatable bonds is 10. The molecule has 3 heterocycles. The predicted octanol–water partition coefficient (Wildman–Crippen LogP) is 3.14. The molecule has 0 bridgehead atoms. The van der Waals surface area contributed by atoms with Crippen LogP contribution < -0.4 is 9.47 Å². The first-order valence-corrected chi connectivity index (χ1v) is 14.4. The van der Waals surface area contributed by atoms with Crippen molar-refractivity contribution in [2.45, 2.75) is 88.1 Å². The van der Waals surface area contributed by atoms with Crippen molar-refractivity contribution >= 4 is 11.9 Å². The van der Waals surface area contributed by atoms with Crippen LogP contribution in [0.3, 0.4) is 0 Å². The second kappa shape index (κ2) is 11.3. The molecule has 1 aliphatic carbocycles. The van der Waals surface area contributed by atoms with E-state index in [2.05, 4.69) is 11.0 Å². The second-order valence-corrected chi connectivity index (χ2v) is 12.1. The van der Waals surface area contributed by atoms with E-state index in [4.69, 9.17) is 23.7 Å². The van der Waals surface area contributed by atoms with Gasteiger partial charge in [-0.3, -0.25) is 9.69 Å². The predicted molar refractivity (Wildman–Crippen MR) is 148 cm³/mol. The summed E-state index contributed by atoms with van der Waals surface area (Å²) in [4.78, 5) is 29.0. The molecule has 3 aliphatic heterocycles. The summed E-state index contributed by atoms with van der Waals surface area (Å²) in [7, 11) is 1.55. The average molecular weight is 572 g/mol. The molecule has 0 radical (unpaired) electrons. The molecule has 0 amide bonds. The molecule has 4 aliphatic rings. The number of ether oxygens (including phenoxy) is 5. The Morgan fingerprint density at radius 1 is 1.17 bits per heavy atom. The normalized spacial score (nSPS) is 26.4. The topological polar surface area (TPSA) is 124 Å². The Labute approximate surface area is 240 Å². The Morgan fingerprint density at radius 2 is 1.93 bits per heavy atom. The van der Waals surface area contributed by atoms with Crippen LogP contribution in [0.25, 0.3) is 0 Å². The average Bonchev–Trinajstić information content (AvgIpc) is 3.61. The summed E-state index contributed by atoms with van der Waals surface area (Å²) in [5, 5.41) is 22.0. The molecular weight excluding hydrogens is 530 g/mol. The van der Waals surface area contributed by atoms with Crippen LogP contribution >= 0.6 is 0 Å². The van der Waals surface area contributed by atoms with Crippen molar-refractivity contribution in [2.24, 2.45) is 0 Å². The Hall–Kier alpha value is -3.08. The van der Waals surface area contributed by atoms with Crippen molar-refractivity contribution in [3.05, 3.63) is 47.2 Å². The maximum Gasteiger partial charge on any atom is 0.339 e. The van der Waals surface area contributed by atoms with Crippen molar-refractivity contribution in [3.8, 4) is 11.5 Å². The highest BCUT2D eigenvalue weighted by Gasteiger charge is 2.59. The first-order chi connectivity index (χ1) is 19.5. The minimum absolute atomic E-state index is 0.0262. The monoisotopic (exact) mass is 571 g/mol. The molecule has 41 heavy (non-hydrogen) atoms. The van der Waals surface area contributed by atoms with Crippen molar-refractivity contribution in [3.63, 3.8) is 0 Å². The van der Waals surface area contributed by atoms with Gasteiger partial charge >= 0.3 is 11.9 Å². The maximum atomic E-state index is 13.9. The van der Waals surface area contributed by atoms with Gasteiger partial charge in [-0.15, -0.1) is 0 Å². The summed E-state index contributed by atoms with van der Waals surface area (Å²) in [6.45, 7) is 6.86. The number of nitrogens with zero attached hydrogens (tertiary/aromatic N) is 1. The number of benzene rings is 1. The highest BCUT2D eigenvalue weighted by molar-refractivity contribution is 5.86. The third-order valence-electron chi connectivity index (χ3n) is 8.74. The molecule has 1 saturated heterocycles. The lowest BCUT2D eigenvalue weighted by atomic mass is 9.77. The molecule has 2 unspecified atom stereocenters. The molecule has 1 fully saturated rings. The molecular formula is C31H41NO9. The van der Waals surface area contributed by atoms with Gasteiger partial charge in [0.1, 0.15) is 12.4 Å². The number of methoxy groups -OCH3 is 1. The number of allylic oxidation sites excluding steroid dienone is 1. The fraction of sp³-hybridized carbons (Fsp3) is 0.613. The Balaban J connectivity index is 1.49. The highest BCUT2D eigenvalue weighted by atomic mass is 16.7. The smallest absolute Gasteiger partial charge is 0.339 e. The van der Waals surface area contributed by atoms with Crippen molar-refractivity contribution in [2.75, 3.05) is 33.6 Å². The number of esters is 2. The van der Waals surface area contributed by atoms with E-state index >= 15 is 0 Å². The quantitative estimate of drug-likeness (QED) is 0.320. The molecule has 2 N–H and O–H groups in total. The Kier molecular flexibility index (Phi) is 8.11. The first kappa shape index (κ1) is 29.4.